The molecule has 0 bridgehead atoms. The third-order valence-corrected chi connectivity index (χ3v) is 3.41. The molecule has 0 radical (unpaired) electrons. The molecule has 0 saturated heterocycles. The minimum absolute atomic E-state index is 0.245. The molecule has 88 valence electrons. The molecule has 16 heavy (non-hydrogen) atoms. The van der Waals surface area contributed by atoms with Crippen LogP contribution in [0.5, 0.6) is 0 Å². The molecule has 0 aliphatic heterocycles. The molecule has 1 N–H and O–H groups in total. The fourth-order valence-electron chi connectivity index (χ4n) is 1.35. The summed E-state index contributed by atoms with van der Waals surface area (Å²) in [5.41, 5.74) is 2.61. The minimum atomic E-state index is -0.720. The SMILES string of the molecule is CC(C)c1ccc(CSCCC(=O)O)cc1. The lowest BCUT2D eigenvalue weighted by molar-refractivity contribution is -0.136. The molecule has 0 spiro atoms. The highest BCUT2D eigenvalue weighted by Crippen LogP contribution is 2.18. The number of rotatable bonds is 6. The summed E-state index contributed by atoms with van der Waals surface area (Å²) in [5.74, 6) is 1.42. The summed E-state index contributed by atoms with van der Waals surface area (Å²) in [5, 5.41) is 8.49. The van der Waals surface area contributed by atoms with Crippen LogP contribution in [0.1, 0.15) is 37.3 Å². The molecule has 0 amide bonds. The van der Waals surface area contributed by atoms with Gasteiger partial charge in [-0.3, -0.25) is 4.79 Å². The van der Waals surface area contributed by atoms with Crippen molar-refractivity contribution in [2.75, 3.05) is 5.75 Å². The maximum atomic E-state index is 10.3. The highest BCUT2D eigenvalue weighted by atomic mass is 32.2. The summed E-state index contributed by atoms with van der Waals surface area (Å²) in [6.45, 7) is 4.35. The van der Waals surface area contributed by atoms with Crippen LogP contribution in [0.15, 0.2) is 24.3 Å². The van der Waals surface area contributed by atoms with Gasteiger partial charge in [0.25, 0.3) is 0 Å². The van der Waals surface area contributed by atoms with E-state index in [1.54, 1.807) is 11.8 Å². The van der Waals surface area contributed by atoms with Crippen LogP contribution < -0.4 is 0 Å². The van der Waals surface area contributed by atoms with Crippen LogP contribution in [-0.4, -0.2) is 16.8 Å². The molecule has 0 fully saturated rings. The van der Waals surface area contributed by atoms with Gasteiger partial charge in [-0.05, 0) is 17.0 Å². The molecule has 2 nitrogen and oxygen atoms in total. The van der Waals surface area contributed by atoms with Crippen molar-refractivity contribution in [1.29, 1.82) is 0 Å². The second-order valence-corrected chi connectivity index (χ2v) is 5.20. The first-order chi connectivity index (χ1) is 7.59. The van der Waals surface area contributed by atoms with E-state index in [1.807, 2.05) is 0 Å². The lowest BCUT2D eigenvalue weighted by Crippen LogP contribution is -1.96. The highest BCUT2D eigenvalue weighted by Gasteiger charge is 2.00. The number of carboxylic acid groups (broad SMARTS) is 1. The lowest BCUT2D eigenvalue weighted by Gasteiger charge is -2.06. The van der Waals surface area contributed by atoms with Gasteiger partial charge in [0.2, 0.25) is 0 Å². The highest BCUT2D eigenvalue weighted by molar-refractivity contribution is 7.98. The van der Waals surface area contributed by atoms with Crippen molar-refractivity contribution in [3.05, 3.63) is 35.4 Å². The maximum Gasteiger partial charge on any atom is 0.304 e. The summed E-state index contributed by atoms with van der Waals surface area (Å²) in [6, 6.07) is 8.56. The maximum absolute atomic E-state index is 10.3. The van der Waals surface area contributed by atoms with E-state index in [4.69, 9.17) is 5.11 Å². The first-order valence-corrected chi connectivity index (χ1v) is 6.63. The van der Waals surface area contributed by atoms with Crippen LogP contribution in [0.2, 0.25) is 0 Å². The van der Waals surface area contributed by atoms with Gasteiger partial charge in [-0.1, -0.05) is 38.1 Å². The quantitative estimate of drug-likeness (QED) is 0.770. The van der Waals surface area contributed by atoms with Crippen LogP contribution in [0.25, 0.3) is 0 Å². The number of hydrogen-bond donors (Lipinski definition) is 1. The Hall–Kier alpha value is -0.960. The van der Waals surface area contributed by atoms with Gasteiger partial charge in [-0.2, -0.15) is 11.8 Å². The van der Waals surface area contributed by atoms with Crippen LogP contribution in [0.3, 0.4) is 0 Å². The van der Waals surface area contributed by atoms with E-state index < -0.39 is 5.97 Å². The van der Waals surface area contributed by atoms with Crippen molar-refractivity contribution < 1.29 is 9.90 Å². The fraction of sp³-hybridized carbons (Fsp3) is 0.462. The molecule has 0 aliphatic carbocycles. The van der Waals surface area contributed by atoms with E-state index in [0.29, 0.717) is 11.7 Å². The zero-order chi connectivity index (χ0) is 12.0. The molecule has 1 rings (SSSR count). The Morgan fingerprint density at radius 2 is 1.94 bits per heavy atom. The van der Waals surface area contributed by atoms with Crippen molar-refractivity contribution in [3.63, 3.8) is 0 Å². The van der Waals surface area contributed by atoms with E-state index in [9.17, 15) is 4.79 Å². The van der Waals surface area contributed by atoms with Crippen LogP contribution in [-0.2, 0) is 10.5 Å². The van der Waals surface area contributed by atoms with E-state index in [-0.39, 0.29) is 6.42 Å². The van der Waals surface area contributed by atoms with Gasteiger partial charge in [0.05, 0.1) is 6.42 Å². The minimum Gasteiger partial charge on any atom is -0.481 e. The number of benzene rings is 1. The zero-order valence-corrected chi connectivity index (χ0v) is 10.6. The van der Waals surface area contributed by atoms with E-state index in [1.165, 1.54) is 11.1 Å². The third-order valence-electron chi connectivity index (χ3n) is 2.38. The molecule has 0 unspecified atom stereocenters. The Labute approximate surface area is 101 Å². The molecule has 0 aliphatic rings. The Bertz CT molecular complexity index is 330. The molecule has 0 saturated carbocycles. The number of thioether (sulfide) groups is 1. The Morgan fingerprint density at radius 1 is 1.31 bits per heavy atom. The molecular weight excluding hydrogens is 220 g/mol. The summed E-state index contributed by atoms with van der Waals surface area (Å²) in [4.78, 5) is 10.3. The Morgan fingerprint density at radius 3 is 2.44 bits per heavy atom. The smallest absolute Gasteiger partial charge is 0.304 e. The number of carboxylic acids is 1. The number of carbonyl (C=O) groups is 1. The topological polar surface area (TPSA) is 37.3 Å². The van der Waals surface area contributed by atoms with Crippen LogP contribution in [0, 0.1) is 0 Å². The normalized spacial score (nSPS) is 10.7. The predicted molar refractivity (Wildman–Crippen MR) is 68.9 cm³/mol. The number of hydrogen-bond acceptors (Lipinski definition) is 2. The van der Waals surface area contributed by atoms with Gasteiger partial charge in [0.15, 0.2) is 0 Å². The summed E-state index contributed by atoms with van der Waals surface area (Å²) in [7, 11) is 0. The van der Waals surface area contributed by atoms with Crippen molar-refractivity contribution >= 4 is 17.7 Å². The molecule has 1 aromatic rings. The van der Waals surface area contributed by atoms with Gasteiger partial charge >= 0.3 is 5.97 Å². The molecule has 1 aromatic carbocycles. The van der Waals surface area contributed by atoms with Crippen molar-refractivity contribution in [1.82, 2.24) is 0 Å². The standard InChI is InChI=1S/C13H18O2S/c1-10(2)12-5-3-11(4-6-12)9-16-8-7-13(14)15/h3-6,10H,7-9H2,1-2H3,(H,14,15). The van der Waals surface area contributed by atoms with E-state index in [0.717, 1.165) is 5.75 Å². The molecule has 0 heterocycles. The van der Waals surface area contributed by atoms with Crippen molar-refractivity contribution in [3.8, 4) is 0 Å². The third kappa shape index (κ3) is 4.71. The second kappa shape index (κ2) is 6.59. The van der Waals surface area contributed by atoms with Gasteiger partial charge in [-0.25, -0.2) is 0 Å². The van der Waals surface area contributed by atoms with E-state index in [2.05, 4.69) is 38.1 Å². The first-order valence-electron chi connectivity index (χ1n) is 5.48. The van der Waals surface area contributed by atoms with Gasteiger partial charge in [0, 0.05) is 11.5 Å². The zero-order valence-electron chi connectivity index (χ0n) is 9.77. The van der Waals surface area contributed by atoms with Crippen LogP contribution in [0.4, 0.5) is 0 Å². The largest absolute Gasteiger partial charge is 0.481 e. The fourth-order valence-corrected chi connectivity index (χ4v) is 2.24. The predicted octanol–water partition coefficient (Wildman–Crippen LogP) is 3.52. The first kappa shape index (κ1) is 13.1. The van der Waals surface area contributed by atoms with Gasteiger partial charge < -0.3 is 5.11 Å². The lowest BCUT2D eigenvalue weighted by atomic mass is 10.0. The van der Waals surface area contributed by atoms with Crippen molar-refractivity contribution in [2.45, 2.75) is 31.9 Å². The summed E-state index contributed by atoms with van der Waals surface area (Å²) in [6.07, 6.45) is 0.245. The average Bonchev–Trinajstić information content (AvgIpc) is 2.25. The van der Waals surface area contributed by atoms with Crippen molar-refractivity contribution in [2.24, 2.45) is 0 Å². The Kier molecular flexibility index (Phi) is 5.39. The molecule has 0 aromatic heterocycles. The second-order valence-electron chi connectivity index (χ2n) is 4.09. The molecule has 0 atom stereocenters. The molecule has 3 heteroatoms. The molecular formula is C13H18O2S. The summed E-state index contributed by atoms with van der Waals surface area (Å²) >= 11 is 1.67. The monoisotopic (exact) mass is 238 g/mol. The summed E-state index contributed by atoms with van der Waals surface area (Å²) < 4.78 is 0. The number of aliphatic carboxylic acids is 1. The van der Waals surface area contributed by atoms with Gasteiger partial charge in [0.1, 0.15) is 0 Å². The van der Waals surface area contributed by atoms with E-state index >= 15 is 0 Å². The van der Waals surface area contributed by atoms with Crippen LogP contribution >= 0.6 is 11.8 Å². The van der Waals surface area contributed by atoms with Gasteiger partial charge in [-0.15, -0.1) is 0 Å². The average molecular weight is 238 g/mol. The Balaban J connectivity index is 2.35.